The third kappa shape index (κ3) is 5.36. The van der Waals surface area contributed by atoms with Gasteiger partial charge in [-0.3, -0.25) is 5.32 Å². The maximum Gasteiger partial charge on any atom is 0.411 e. The van der Waals surface area contributed by atoms with Crippen molar-refractivity contribution in [2.45, 2.75) is 13.8 Å². The topological polar surface area (TPSA) is 63.0 Å². The average molecular weight is 297 g/mol. The van der Waals surface area contributed by atoms with Crippen LogP contribution in [0.2, 0.25) is 0 Å². The molecule has 0 spiro atoms. The van der Waals surface area contributed by atoms with E-state index >= 15 is 0 Å². The third-order valence-corrected chi connectivity index (χ3v) is 2.70. The fraction of sp³-hybridized carbons (Fsp3) is 0.235. The van der Waals surface area contributed by atoms with Gasteiger partial charge in [0.15, 0.2) is 0 Å². The van der Waals surface area contributed by atoms with E-state index in [1.807, 2.05) is 44.2 Å². The summed E-state index contributed by atoms with van der Waals surface area (Å²) in [5.74, 6) is 0.312. The number of azo groups is 1. The monoisotopic (exact) mass is 297 g/mol. The standard InChI is InChI=1S/C17H19N3O2/c1-13(2)12-22-17(21)18-14-8-10-16(11-9-14)20-19-15-6-4-3-5-7-15/h3-11,13H,12H2,1-2H3,(H,18,21). The smallest absolute Gasteiger partial charge is 0.411 e. The van der Waals surface area contributed by atoms with Crippen molar-refractivity contribution in [3.05, 3.63) is 54.6 Å². The molecule has 0 saturated carbocycles. The lowest BCUT2D eigenvalue weighted by atomic mass is 10.2. The summed E-state index contributed by atoms with van der Waals surface area (Å²) in [5.41, 5.74) is 2.17. The number of amides is 1. The highest BCUT2D eigenvalue weighted by atomic mass is 16.5. The number of nitrogens with zero attached hydrogens (tertiary/aromatic N) is 2. The molecule has 22 heavy (non-hydrogen) atoms. The van der Waals surface area contributed by atoms with E-state index in [0.717, 1.165) is 5.69 Å². The molecule has 5 heteroatoms. The van der Waals surface area contributed by atoms with Crippen LogP contribution in [0.15, 0.2) is 64.8 Å². The molecule has 1 amide bonds. The molecule has 0 unspecified atom stereocenters. The molecule has 0 bridgehead atoms. The normalized spacial score (nSPS) is 10.9. The highest BCUT2D eigenvalue weighted by Crippen LogP contribution is 2.20. The second-order valence-electron chi connectivity index (χ2n) is 5.20. The quantitative estimate of drug-likeness (QED) is 0.760. The number of nitrogens with one attached hydrogen (secondary N) is 1. The predicted molar refractivity (Wildman–Crippen MR) is 86.9 cm³/mol. The van der Waals surface area contributed by atoms with Gasteiger partial charge in [0.25, 0.3) is 0 Å². The molecule has 0 heterocycles. The van der Waals surface area contributed by atoms with Crippen LogP contribution in [-0.2, 0) is 4.74 Å². The van der Waals surface area contributed by atoms with E-state index in [1.165, 1.54) is 0 Å². The van der Waals surface area contributed by atoms with E-state index in [4.69, 9.17) is 4.74 Å². The first-order chi connectivity index (χ1) is 10.6. The van der Waals surface area contributed by atoms with Crippen molar-refractivity contribution >= 4 is 23.2 Å². The summed E-state index contributed by atoms with van der Waals surface area (Å²) >= 11 is 0. The van der Waals surface area contributed by atoms with Gasteiger partial charge in [-0.2, -0.15) is 10.2 Å². The molecule has 0 atom stereocenters. The van der Waals surface area contributed by atoms with Crippen LogP contribution >= 0.6 is 0 Å². The summed E-state index contributed by atoms with van der Waals surface area (Å²) < 4.78 is 5.05. The van der Waals surface area contributed by atoms with E-state index in [2.05, 4.69) is 15.5 Å². The molecule has 114 valence electrons. The molecule has 0 aliphatic carbocycles. The Morgan fingerprint density at radius 3 is 2.18 bits per heavy atom. The second kappa shape index (κ2) is 7.93. The number of hydrogen-bond donors (Lipinski definition) is 1. The first kappa shape index (κ1) is 15.7. The first-order valence-corrected chi connectivity index (χ1v) is 7.14. The van der Waals surface area contributed by atoms with Gasteiger partial charge in [0.05, 0.1) is 18.0 Å². The van der Waals surface area contributed by atoms with Crippen molar-refractivity contribution in [3.8, 4) is 0 Å². The van der Waals surface area contributed by atoms with Crippen molar-refractivity contribution < 1.29 is 9.53 Å². The molecular weight excluding hydrogens is 278 g/mol. The lowest BCUT2D eigenvalue weighted by molar-refractivity contribution is 0.147. The lowest BCUT2D eigenvalue weighted by Gasteiger charge is -2.08. The molecule has 0 aromatic heterocycles. The Labute approximate surface area is 130 Å². The van der Waals surface area contributed by atoms with Crippen molar-refractivity contribution in [1.29, 1.82) is 0 Å². The van der Waals surface area contributed by atoms with E-state index in [0.29, 0.717) is 23.9 Å². The number of rotatable bonds is 5. The number of hydrogen-bond acceptors (Lipinski definition) is 4. The van der Waals surface area contributed by atoms with Gasteiger partial charge < -0.3 is 4.74 Å². The van der Waals surface area contributed by atoms with Crippen molar-refractivity contribution in [2.24, 2.45) is 16.1 Å². The molecule has 5 nitrogen and oxygen atoms in total. The largest absolute Gasteiger partial charge is 0.449 e. The summed E-state index contributed by atoms with van der Waals surface area (Å²) in [6, 6.07) is 16.6. The minimum Gasteiger partial charge on any atom is -0.449 e. The lowest BCUT2D eigenvalue weighted by Crippen LogP contribution is -2.16. The molecule has 2 aromatic rings. The van der Waals surface area contributed by atoms with Crippen molar-refractivity contribution in [3.63, 3.8) is 0 Å². The van der Waals surface area contributed by atoms with E-state index in [9.17, 15) is 4.79 Å². The minimum absolute atomic E-state index is 0.312. The zero-order valence-electron chi connectivity index (χ0n) is 12.7. The number of benzene rings is 2. The molecule has 1 N–H and O–H groups in total. The van der Waals surface area contributed by atoms with Crippen molar-refractivity contribution in [1.82, 2.24) is 0 Å². The Bertz CT molecular complexity index is 622. The second-order valence-corrected chi connectivity index (χ2v) is 5.20. The van der Waals surface area contributed by atoms with Crippen LogP contribution in [0.1, 0.15) is 13.8 Å². The molecular formula is C17H19N3O2. The first-order valence-electron chi connectivity index (χ1n) is 7.14. The van der Waals surface area contributed by atoms with Crippen LogP contribution in [0.25, 0.3) is 0 Å². The maximum absolute atomic E-state index is 11.5. The number of anilines is 1. The highest BCUT2D eigenvalue weighted by Gasteiger charge is 2.04. The highest BCUT2D eigenvalue weighted by molar-refractivity contribution is 5.84. The van der Waals surface area contributed by atoms with Crippen LogP contribution < -0.4 is 5.32 Å². The molecule has 2 rings (SSSR count). The zero-order chi connectivity index (χ0) is 15.8. The average Bonchev–Trinajstić information content (AvgIpc) is 2.53. The molecule has 0 aliphatic heterocycles. The molecule has 0 aliphatic rings. The summed E-state index contributed by atoms with van der Waals surface area (Å²) in [5, 5.41) is 10.9. The third-order valence-electron chi connectivity index (χ3n) is 2.70. The molecule has 0 fully saturated rings. The fourth-order valence-corrected chi connectivity index (χ4v) is 1.62. The molecule has 0 saturated heterocycles. The summed E-state index contributed by atoms with van der Waals surface area (Å²) in [7, 11) is 0. The van der Waals surface area contributed by atoms with Gasteiger partial charge in [0.2, 0.25) is 0 Å². The number of ether oxygens (including phenoxy) is 1. The SMILES string of the molecule is CC(C)COC(=O)Nc1ccc(N=Nc2ccccc2)cc1. The predicted octanol–water partition coefficient (Wildman–Crippen LogP) is 5.31. The van der Waals surface area contributed by atoms with Gasteiger partial charge in [-0.1, -0.05) is 32.0 Å². The summed E-state index contributed by atoms with van der Waals surface area (Å²) in [4.78, 5) is 11.5. The van der Waals surface area contributed by atoms with E-state index in [1.54, 1.807) is 24.3 Å². The van der Waals surface area contributed by atoms with E-state index in [-0.39, 0.29) is 0 Å². The zero-order valence-corrected chi connectivity index (χ0v) is 12.7. The van der Waals surface area contributed by atoms with Crippen LogP contribution in [0.3, 0.4) is 0 Å². The van der Waals surface area contributed by atoms with E-state index < -0.39 is 6.09 Å². The van der Waals surface area contributed by atoms with Gasteiger partial charge >= 0.3 is 6.09 Å². The Kier molecular flexibility index (Phi) is 5.65. The van der Waals surface area contributed by atoms with Crippen molar-refractivity contribution in [2.75, 3.05) is 11.9 Å². The van der Waals surface area contributed by atoms with Gasteiger partial charge in [0.1, 0.15) is 0 Å². The van der Waals surface area contributed by atoms with Crippen LogP contribution in [-0.4, -0.2) is 12.7 Å². The minimum atomic E-state index is -0.452. The fourth-order valence-electron chi connectivity index (χ4n) is 1.62. The van der Waals surface area contributed by atoms with Gasteiger partial charge in [-0.05, 0) is 42.3 Å². The molecule has 2 aromatic carbocycles. The van der Waals surface area contributed by atoms with Gasteiger partial charge in [-0.15, -0.1) is 0 Å². The maximum atomic E-state index is 11.5. The Balaban J connectivity index is 1.90. The molecule has 0 radical (unpaired) electrons. The Morgan fingerprint density at radius 1 is 1.00 bits per heavy atom. The number of carbonyl (C=O) groups is 1. The summed E-state index contributed by atoms with van der Waals surface area (Å²) in [6.07, 6.45) is -0.452. The van der Waals surface area contributed by atoms with Crippen LogP contribution in [0.5, 0.6) is 0 Å². The summed E-state index contributed by atoms with van der Waals surface area (Å²) in [6.45, 7) is 4.37. The van der Waals surface area contributed by atoms with Gasteiger partial charge in [0, 0.05) is 5.69 Å². The Morgan fingerprint density at radius 2 is 1.59 bits per heavy atom. The van der Waals surface area contributed by atoms with Crippen LogP contribution in [0, 0.1) is 5.92 Å². The van der Waals surface area contributed by atoms with Gasteiger partial charge in [-0.25, -0.2) is 4.79 Å². The number of carbonyl (C=O) groups excluding carboxylic acids is 1. The Hall–Kier alpha value is -2.69. The van der Waals surface area contributed by atoms with Crippen LogP contribution in [0.4, 0.5) is 21.9 Å².